The van der Waals surface area contributed by atoms with Crippen LogP contribution in [0.4, 0.5) is 0 Å². The molecular weight excluding hydrogens is 220 g/mol. The third kappa shape index (κ3) is 11.2. The largest absolute Gasteiger partial charge is 0.462 e. The molecule has 0 N–H and O–H groups in total. The Labute approximate surface area is 104 Å². The van der Waals surface area contributed by atoms with Crippen molar-refractivity contribution in [3.05, 3.63) is 0 Å². The summed E-state index contributed by atoms with van der Waals surface area (Å²) in [7, 11) is 0. The Balaban J connectivity index is 3.76. The van der Waals surface area contributed by atoms with Gasteiger partial charge in [0.05, 0.1) is 0 Å². The van der Waals surface area contributed by atoms with Gasteiger partial charge in [0.25, 0.3) is 0 Å². The van der Waals surface area contributed by atoms with Crippen LogP contribution in [0.5, 0.6) is 0 Å². The van der Waals surface area contributed by atoms with Gasteiger partial charge in [0.1, 0.15) is 12.7 Å². The van der Waals surface area contributed by atoms with Crippen LogP contribution in [0.1, 0.15) is 59.3 Å². The molecule has 0 aliphatic rings. The maximum Gasteiger partial charge on any atom is 0.303 e. The molecule has 1 atom stereocenters. The van der Waals surface area contributed by atoms with Gasteiger partial charge in [-0.15, -0.1) is 0 Å². The van der Waals surface area contributed by atoms with Crippen LogP contribution in [0.25, 0.3) is 0 Å². The third-order valence-corrected chi connectivity index (χ3v) is 2.43. The van der Waals surface area contributed by atoms with E-state index in [2.05, 4.69) is 6.92 Å². The van der Waals surface area contributed by atoms with Gasteiger partial charge in [0.2, 0.25) is 0 Å². The number of carbonyl (C=O) groups excluding carboxylic acids is 2. The van der Waals surface area contributed by atoms with Crippen LogP contribution < -0.4 is 0 Å². The Morgan fingerprint density at radius 2 is 1.65 bits per heavy atom. The predicted octanol–water partition coefficient (Wildman–Crippen LogP) is 2.84. The zero-order valence-electron chi connectivity index (χ0n) is 11.2. The minimum atomic E-state index is -0.340. The summed E-state index contributed by atoms with van der Waals surface area (Å²) in [6.45, 7) is 5.06. The lowest BCUT2D eigenvalue weighted by Gasteiger charge is -2.16. The van der Waals surface area contributed by atoms with Gasteiger partial charge >= 0.3 is 11.9 Å². The molecule has 17 heavy (non-hydrogen) atoms. The number of carbonyl (C=O) groups is 2. The molecule has 0 rings (SSSR count). The van der Waals surface area contributed by atoms with Gasteiger partial charge in [-0.3, -0.25) is 9.59 Å². The fraction of sp³-hybridized carbons (Fsp3) is 0.846. The Morgan fingerprint density at radius 1 is 1.00 bits per heavy atom. The van der Waals surface area contributed by atoms with Gasteiger partial charge in [-0.1, -0.05) is 32.6 Å². The number of hydrogen-bond acceptors (Lipinski definition) is 4. The number of unbranched alkanes of at least 4 members (excludes halogenated alkanes) is 4. The van der Waals surface area contributed by atoms with Crippen molar-refractivity contribution < 1.29 is 19.1 Å². The molecule has 4 nitrogen and oxygen atoms in total. The summed E-state index contributed by atoms with van der Waals surface area (Å²) in [6.07, 6.45) is 6.25. The summed E-state index contributed by atoms with van der Waals surface area (Å²) < 4.78 is 9.96. The quantitative estimate of drug-likeness (QED) is 0.462. The van der Waals surface area contributed by atoms with Crippen molar-refractivity contribution in [2.45, 2.75) is 65.4 Å². The molecule has 0 saturated carbocycles. The van der Waals surface area contributed by atoms with Gasteiger partial charge in [-0.05, 0) is 12.8 Å². The van der Waals surface area contributed by atoms with Crippen molar-refractivity contribution in [3.8, 4) is 0 Å². The van der Waals surface area contributed by atoms with E-state index in [9.17, 15) is 9.59 Å². The molecule has 0 bridgehead atoms. The molecule has 0 radical (unpaired) electrons. The zero-order chi connectivity index (χ0) is 13.1. The highest BCUT2D eigenvalue weighted by atomic mass is 16.6. The Morgan fingerprint density at radius 3 is 2.18 bits per heavy atom. The standard InChI is InChI=1S/C13H24O4/c1-4-5-6-7-8-9-13(17-12(3)15)10-16-11(2)14/h13H,4-10H2,1-3H3. The summed E-state index contributed by atoms with van der Waals surface area (Å²) in [5, 5.41) is 0. The van der Waals surface area contributed by atoms with Gasteiger partial charge in [0, 0.05) is 13.8 Å². The Hall–Kier alpha value is -1.06. The van der Waals surface area contributed by atoms with Crippen LogP contribution in [0.3, 0.4) is 0 Å². The van der Waals surface area contributed by atoms with Crippen LogP contribution in [-0.4, -0.2) is 24.6 Å². The van der Waals surface area contributed by atoms with Crippen LogP contribution in [0.15, 0.2) is 0 Å². The zero-order valence-corrected chi connectivity index (χ0v) is 11.2. The lowest BCUT2D eigenvalue weighted by Crippen LogP contribution is -2.23. The molecule has 100 valence electrons. The van der Waals surface area contributed by atoms with E-state index < -0.39 is 0 Å². The van der Waals surface area contributed by atoms with Crippen molar-refractivity contribution in [3.63, 3.8) is 0 Å². The van der Waals surface area contributed by atoms with Crippen LogP contribution in [0, 0.1) is 0 Å². The highest BCUT2D eigenvalue weighted by Crippen LogP contribution is 2.10. The van der Waals surface area contributed by atoms with Crippen molar-refractivity contribution in [2.24, 2.45) is 0 Å². The number of hydrogen-bond donors (Lipinski definition) is 0. The molecule has 4 heteroatoms. The first-order chi connectivity index (χ1) is 8.06. The smallest absolute Gasteiger partial charge is 0.303 e. The van der Waals surface area contributed by atoms with Crippen molar-refractivity contribution in [2.75, 3.05) is 6.61 Å². The van der Waals surface area contributed by atoms with Gasteiger partial charge in [-0.25, -0.2) is 0 Å². The molecule has 0 amide bonds. The molecule has 0 saturated heterocycles. The number of esters is 2. The lowest BCUT2D eigenvalue weighted by molar-refractivity contribution is -0.156. The summed E-state index contributed by atoms with van der Waals surface area (Å²) in [6, 6.07) is 0. The number of ether oxygens (including phenoxy) is 2. The summed E-state index contributed by atoms with van der Waals surface area (Å²) >= 11 is 0. The van der Waals surface area contributed by atoms with E-state index in [1.165, 1.54) is 33.1 Å². The maximum absolute atomic E-state index is 10.9. The van der Waals surface area contributed by atoms with Crippen LogP contribution in [0.2, 0.25) is 0 Å². The molecule has 0 aromatic heterocycles. The van der Waals surface area contributed by atoms with Crippen LogP contribution in [-0.2, 0) is 19.1 Å². The Bertz CT molecular complexity index is 225. The van der Waals surface area contributed by atoms with E-state index >= 15 is 0 Å². The van der Waals surface area contributed by atoms with E-state index in [4.69, 9.17) is 9.47 Å². The monoisotopic (exact) mass is 244 g/mol. The lowest BCUT2D eigenvalue weighted by atomic mass is 10.1. The van der Waals surface area contributed by atoms with E-state index in [0.717, 1.165) is 19.3 Å². The van der Waals surface area contributed by atoms with E-state index in [1.54, 1.807) is 0 Å². The van der Waals surface area contributed by atoms with Crippen LogP contribution >= 0.6 is 0 Å². The minimum absolute atomic E-state index is 0.169. The molecule has 0 fully saturated rings. The predicted molar refractivity (Wildman–Crippen MR) is 65.6 cm³/mol. The molecule has 0 aliphatic heterocycles. The summed E-state index contributed by atoms with van der Waals surface area (Å²) in [5.74, 6) is -0.663. The average Bonchev–Trinajstić information content (AvgIpc) is 2.24. The average molecular weight is 244 g/mol. The van der Waals surface area contributed by atoms with E-state index in [0.29, 0.717) is 0 Å². The van der Waals surface area contributed by atoms with E-state index in [1.807, 2.05) is 0 Å². The second-order valence-electron chi connectivity index (χ2n) is 4.24. The fourth-order valence-corrected chi connectivity index (χ4v) is 1.60. The summed E-state index contributed by atoms with van der Waals surface area (Å²) in [5.41, 5.74) is 0. The molecule has 0 aliphatic carbocycles. The van der Waals surface area contributed by atoms with Gasteiger partial charge in [-0.2, -0.15) is 0 Å². The fourth-order valence-electron chi connectivity index (χ4n) is 1.60. The number of rotatable bonds is 9. The Kier molecular flexibility index (Phi) is 9.49. The molecule has 0 spiro atoms. The van der Waals surface area contributed by atoms with Crippen molar-refractivity contribution in [1.82, 2.24) is 0 Å². The molecule has 0 aromatic rings. The van der Waals surface area contributed by atoms with E-state index in [-0.39, 0.29) is 24.6 Å². The first-order valence-corrected chi connectivity index (χ1v) is 6.36. The van der Waals surface area contributed by atoms with Gasteiger partial charge < -0.3 is 9.47 Å². The second kappa shape index (κ2) is 10.1. The first-order valence-electron chi connectivity index (χ1n) is 6.36. The maximum atomic E-state index is 10.9. The first kappa shape index (κ1) is 15.9. The molecule has 0 heterocycles. The second-order valence-corrected chi connectivity index (χ2v) is 4.24. The summed E-state index contributed by atoms with van der Waals surface area (Å²) in [4.78, 5) is 21.6. The van der Waals surface area contributed by atoms with Crippen molar-refractivity contribution >= 4 is 11.9 Å². The third-order valence-electron chi connectivity index (χ3n) is 2.43. The normalized spacial score (nSPS) is 11.9. The van der Waals surface area contributed by atoms with Crippen molar-refractivity contribution in [1.29, 1.82) is 0 Å². The SMILES string of the molecule is CCCCCCCC(COC(C)=O)OC(C)=O. The molecule has 0 aromatic carbocycles. The highest BCUT2D eigenvalue weighted by Gasteiger charge is 2.13. The molecule has 1 unspecified atom stereocenters. The topological polar surface area (TPSA) is 52.6 Å². The highest BCUT2D eigenvalue weighted by molar-refractivity contribution is 5.67. The molecular formula is C13H24O4. The minimum Gasteiger partial charge on any atom is -0.462 e. The van der Waals surface area contributed by atoms with Gasteiger partial charge in [0.15, 0.2) is 0 Å².